The van der Waals surface area contributed by atoms with Crippen LogP contribution in [0.25, 0.3) is 11.4 Å². The number of benzene rings is 2. The molecule has 26 heavy (non-hydrogen) atoms. The van der Waals surface area contributed by atoms with Gasteiger partial charge in [-0.3, -0.25) is 4.79 Å². The number of methoxy groups -OCH3 is 1. The summed E-state index contributed by atoms with van der Waals surface area (Å²) in [5.74, 6) is 1.11. The Hall–Kier alpha value is -2.38. The lowest BCUT2D eigenvalue weighted by Crippen LogP contribution is -2.26. The van der Waals surface area contributed by atoms with Crippen molar-refractivity contribution in [2.45, 2.75) is 6.54 Å². The first-order valence-corrected chi connectivity index (χ1v) is 8.82. The predicted molar refractivity (Wildman–Crippen MR) is 101 cm³/mol. The highest BCUT2D eigenvalue weighted by Gasteiger charge is 2.17. The molecule has 0 atom stereocenters. The fraction of sp³-hybridized carbons (Fsp3) is 0.167. The second-order valence-electron chi connectivity index (χ2n) is 5.53. The van der Waals surface area contributed by atoms with Crippen LogP contribution < -0.4 is 4.74 Å². The molecule has 0 unspecified atom stereocenters. The van der Waals surface area contributed by atoms with Crippen molar-refractivity contribution in [3.8, 4) is 17.1 Å². The molecule has 0 aliphatic heterocycles. The van der Waals surface area contributed by atoms with E-state index in [1.54, 1.807) is 25.2 Å². The van der Waals surface area contributed by atoms with E-state index >= 15 is 0 Å². The Morgan fingerprint density at radius 2 is 2.12 bits per heavy atom. The van der Waals surface area contributed by atoms with Crippen molar-refractivity contribution in [3.63, 3.8) is 0 Å². The summed E-state index contributed by atoms with van der Waals surface area (Å²) < 4.78 is 11.3. The monoisotopic (exact) mass is 435 g/mol. The summed E-state index contributed by atoms with van der Waals surface area (Å²) in [4.78, 5) is 18.4. The maximum atomic E-state index is 12.6. The van der Waals surface area contributed by atoms with Crippen LogP contribution in [0.15, 0.2) is 51.5 Å². The van der Waals surface area contributed by atoms with Gasteiger partial charge in [0.05, 0.1) is 18.7 Å². The lowest BCUT2D eigenvalue weighted by atomic mass is 10.2. The summed E-state index contributed by atoms with van der Waals surface area (Å²) in [5.41, 5.74) is 1.27. The van der Waals surface area contributed by atoms with Gasteiger partial charge in [-0.15, -0.1) is 0 Å². The van der Waals surface area contributed by atoms with Gasteiger partial charge in [0, 0.05) is 22.6 Å². The number of amides is 1. The van der Waals surface area contributed by atoms with Gasteiger partial charge >= 0.3 is 0 Å². The van der Waals surface area contributed by atoms with E-state index in [9.17, 15) is 4.79 Å². The molecule has 6 nitrogen and oxygen atoms in total. The summed E-state index contributed by atoms with van der Waals surface area (Å²) in [6.45, 7) is 0.184. The first-order chi connectivity index (χ1) is 12.5. The maximum Gasteiger partial charge on any atom is 0.254 e. The number of carbonyl (C=O) groups is 1. The number of ether oxygens (including phenoxy) is 1. The molecule has 0 saturated carbocycles. The molecular formula is C18H15BrClN3O3. The molecule has 8 heteroatoms. The van der Waals surface area contributed by atoms with Crippen LogP contribution in [0.5, 0.6) is 5.75 Å². The summed E-state index contributed by atoms with van der Waals surface area (Å²) in [7, 11) is 3.18. The Morgan fingerprint density at radius 3 is 2.81 bits per heavy atom. The van der Waals surface area contributed by atoms with E-state index in [1.807, 2.05) is 24.3 Å². The molecule has 0 radical (unpaired) electrons. The molecular weight excluding hydrogens is 422 g/mol. The first-order valence-electron chi connectivity index (χ1n) is 7.65. The van der Waals surface area contributed by atoms with Crippen molar-refractivity contribution in [1.29, 1.82) is 0 Å². The summed E-state index contributed by atoms with van der Waals surface area (Å²) in [6, 6.07) is 12.5. The number of rotatable bonds is 5. The van der Waals surface area contributed by atoms with Crippen LogP contribution in [0, 0.1) is 0 Å². The van der Waals surface area contributed by atoms with Gasteiger partial charge in [0.1, 0.15) is 5.75 Å². The second-order valence-corrected chi connectivity index (χ2v) is 6.86. The number of hydrogen-bond donors (Lipinski definition) is 0. The van der Waals surface area contributed by atoms with Gasteiger partial charge in [0.15, 0.2) is 0 Å². The number of carbonyl (C=O) groups excluding carboxylic acids is 1. The van der Waals surface area contributed by atoms with Crippen LogP contribution in [-0.2, 0) is 6.54 Å². The van der Waals surface area contributed by atoms with Crippen LogP contribution in [-0.4, -0.2) is 35.1 Å². The van der Waals surface area contributed by atoms with Gasteiger partial charge in [-0.1, -0.05) is 44.8 Å². The Kier molecular flexibility index (Phi) is 5.58. The molecule has 2 aromatic carbocycles. The highest BCUT2D eigenvalue weighted by Crippen LogP contribution is 2.26. The Morgan fingerprint density at radius 1 is 1.31 bits per heavy atom. The van der Waals surface area contributed by atoms with Crippen LogP contribution in [0.2, 0.25) is 5.02 Å². The van der Waals surface area contributed by atoms with Crippen molar-refractivity contribution in [2.75, 3.05) is 14.2 Å². The van der Waals surface area contributed by atoms with Crippen molar-refractivity contribution in [2.24, 2.45) is 0 Å². The molecule has 0 N–H and O–H groups in total. The average Bonchev–Trinajstić information content (AvgIpc) is 3.09. The minimum atomic E-state index is -0.211. The van der Waals surface area contributed by atoms with Gasteiger partial charge < -0.3 is 14.2 Å². The lowest BCUT2D eigenvalue weighted by Gasteiger charge is -2.15. The zero-order chi connectivity index (χ0) is 18.7. The molecule has 0 aliphatic carbocycles. The van der Waals surface area contributed by atoms with Gasteiger partial charge in [0.2, 0.25) is 11.7 Å². The standard InChI is InChI=1S/C18H15BrClN3O3/c1-23(18(24)12-6-7-15(25-2)14(20)9-12)10-16-21-17(22-26-16)11-4-3-5-13(19)8-11/h3-9H,10H2,1-2H3. The SMILES string of the molecule is COc1ccc(C(=O)N(C)Cc2nc(-c3cccc(Br)c3)no2)cc1Cl. The number of aromatic nitrogens is 2. The minimum Gasteiger partial charge on any atom is -0.495 e. The van der Waals surface area contributed by atoms with Crippen molar-refractivity contribution < 1.29 is 14.1 Å². The Bertz CT molecular complexity index is 945. The van der Waals surface area contributed by atoms with Gasteiger partial charge in [-0.05, 0) is 30.3 Å². The van der Waals surface area contributed by atoms with Crippen molar-refractivity contribution in [3.05, 3.63) is 63.4 Å². The van der Waals surface area contributed by atoms with E-state index in [2.05, 4.69) is 26.1 Å². The van der Waals surface area contributed by atoms with E-state index in [1.165, 1.54) is 12.0 Å². The molecule has 3 rings (SSSR count). The Labute approximate surface area is 163 Å². The molecule has 0 saturated heterocycles. The topological polar surface area (TPSA) is 68.5 Å². The van der Waals surface area contributed by atoms with Gasteiger partial charge in [-0.25, -0.2) is 0 Å². The summed E-state index contributed by atoms with van der Waals surface area (Å²) in [6.07, 6.45) is 0. The molecule has 0 spiro atoms. The molecule has 0 aliphatic rings. The molecule has 1 amide bonds. The van der Waals surface area contributed by atoms with Gasteiger partial charge in [0.25, 0.3) is 5.91 Å². The third kappa shape index (κ3) is 4.05. The van der Waals surface area contributed by atoms with E-state index < -0.39 is 0 Å². The van der Waals surface area contributed by atoms with Crippen LogP contribution in [0.4, 0.5) is 0 Å². The average molecular weight is 437 g/mol. The lowest BCUT2D eigenvalue weighted by molar-refractivity contribution is 0.0769. The largest absolute Gasteiger partial charge is 0.495 e. The summed E-state index contributed by atoms with van der Waals surface area (Å²) in [5, 5.41) is 4.34. The fourth-order valence-electron chi connectivity index (χ4n) is 2.36. The van der Waals surface area contributed by atoms with Crippen LogP contribution in [0.3, 0.4) is 0 Å². The highest BCUT2D eigenvalue weighted by atomic mass is 79.9. The highest BCUT2D eigenvalue weighted by molar-refractivity contribution is 9.10. The quantitative estimate of drug-likeness (QED) is 0.592. The number of halogens is 2. The molecule has 1 heterocycles. The molecule has 1 aromatic heterocycles. The summed E-state index contributed by atoms with van der Waals surface area (Å²) >= 11 is 9.49. The van der Waals surface area contributed by atoms with Crippen LogP contribution in [0.1, 0.15) is 16.2 Å². The Balaban J connectivity index is 1.73. The molecule has 3 aromatic rings. The van der Waals surface area contributed by atoms with E-state index in [4.69, 9.17) is 20.9 Å². The van der Waals surface area contributed by atoms with Crippen molar-refractivity contribution >= 4 is 33.4 Å². The normalized spacial score (nSPS) is 10.6. The van der Waals surface area contributed by atoms with E-state index in [0.29, 0.717) is 28.1 Å². The maximum absolute atomic E-state index is 12.6. The van der Waals surface area contributed by atoms with E-state index in [0.717, 1.165) is 10.0 Å². The zero-order valence-corrected chi connectivity index (χ0v) is 16.4. The smallest absolute Gasteiger partial charge is 0.254 e. The molecule has 134 valence electrons. The fourth-order valence-corrected chi connectivity index (χ4v) is 3.02. The molecule has 0 bridgehead atoms. The second kappa shape index (κ2) is 7.88. The third-order valence-corrected chi connectivity index (χ3v) is 4.46. The third-order valence-electron chi connectivity index (χ3n) is 3.67. The number of nitrogens with zero attached hydrogens (tertiary/aromatic N) is 3. The minimum absolute atomic E-state index is 0.184. The van der Waals surface area contributed by atoms with Crippen LogP contribution >= 0.6 is 27.5 Å². The zero-order valence-electron chi connectivity index (χ0n) is 14.1. The van der Waals surface area contributed by atoms with E-state index in [-0.39, 0.29) is 12.5 Å². The van der Waals surface area contributed by atoms with Crippen molar-refractivity contribution in [1.82, 2.24) is 15.0 Å². The first kappa shape index (κ1) is 18.4. The molecule has 0 fully saturated rings. The predicted octanol–water partition coefficient (Wildman–Crippen LogP) is 4.43. The number of hydrogen-bond acceptors (Lipinski definition) is 5. The van der Waals surface area contributed by atoms with Gasteiger partial charge in [-0.2, -0.15) is 4.98 Å².